The lowest BCUT2D eigenvalue weighted by Gasteiger charge is -2.16. The predicted molar refractivity (Wildman–Crippen MR) is 119 cm³/mol. The lowest BCUT2D eigenvalue weighted by molar-refractivity contribution is 0.475. The summed E-state index contributed by atoms with van der Waals surface area (Å²) < 4.78 is 7.58. The van der Waals surface area contributed by atoms with Gasteiger partial charge in [0.05, 0.1) is 4.88 Å². The average molecular weight is 389 g/mol. The molecule has 0 radical (unpaired) electrons. The van der Waals surface area contributed by atoms with Crippen molar-refractivity contribution in [2.45, 2.75) is 26.7 Å². The molecule has 0 aliphatic rings. The summed E-state index contributed by atoms with van der Waals surface area (Å²) in [5, 5.41) is 10.7. The van der Waals surface area contributed by atoms with E-state index in [4.69, 9.17) is 4.74 Å². The highest BCUT2D eigenvalue weighted by atomic mass is 32.1. The second kappa shape index (κ2) is 7.69. The zero-order valence-corrected chi connectivity index (χ0v) is 17.2. The van der Waals surface area contributed by atoms with E-state index in [1.54, 1.807) is 23.5 Å². The van der Waals surface area contributed by atoms with Crippen molar-refractivity contribution in [3.63, 3.8) is 0 Å². The molecule has 4 rings (SSSR count). The van der Waals surface area contributed by atoms with Crippen molar-refractivity contribution in [2.24, 2.45) is 5.92 Å². The van der Waals surface area contributed by atoms with Crippen LogP contribution in [0.4, 0.5) is 0 Å². The van der Waals surface area contributed by atoms with Crippen LogP contribution in [0.5, 0.6) is 17.2 Å². The van der Waals surface area contributed by atoms with Crippen molar-refractivity contribution in [1.82, 2.24) is 0 Å². The molecule has 0 fully saturated rings. The molecular formula is C25H24O2S. The summed E-state index contributed by atoms with van der Waals surface area (Å²) in [7, 11) is 0. The van der Waals surface area contributed by atoms with Gasteiger partial charge in [-0.2, -0.15) is 0 Å². The third kappa shape index (κ3) is 3.63. The molecule has 1 unspecified atom stereocenters. The largest absolute Gasteiger partial charge is 0.508 e. The standard InChI is InChI=1S/C25H24O2S/c1-16(2)17(3)18-10-14-21(15-11-18)27-24-22-6-4-5-7-23(22)28-25(24)19-8-12-20(26)13-9-19/h4-17,26H,1-3H3. The number of hydrogen-bond acceptors (Lipinski definition) is 3. The fourth-order valence-corrected chi connectivity index (χ4v) is 4.40. The number of phenolic OH excluding ortho intramolecular Hbond substituents is 1. The van der Waals surface area contributed by atoms with E-state index in [1.807, 2.05) is 24.3 Å². The van der Waals surface area contributed by atoms with Gasteiger partial charge in [-0.05, 0) is 71.5 Å². The van der Waals surface area contributed by atoms with Crippen molar-refractivity contribution in [3.8, 4) is 27.7 Å². The van der Waals surface area contributed by atoms with Crippen molar-refractivity contribution in [3.05, 3.63) is 78.4 Å². The summed E-state index contributed by atoms with van der Waals surface area (Å²) in [4.78, 5) is 1.07. The Bertz CT molecular complexity index is 1080. The van der Waals surface area contributed by atoms with Crippen LogP contribution in [0.25, 0.3) is 20.5 Å². The fraction of sp³-hybridized carbons (Fsp3) is 0.200. The normalized spacial score (nSPS) is 12.4. The van der Waals surface area contributed by atoms with E-state index in [0.29, 0.717) is 11.8 Å². The van der Waals surface area contributed by atoms with Crippen LogP contribution >= 0.6 is 11.3 Å². The smallest absolute Gasteiger partial charge is 0.153 e. The number of phenols is 1. The van der Waals surface area contributed by atoms with Crippen LogP contribution in [0.3, 0.4) is 0 Å². The van der Waals surface area contributed by atoms with Gasteiger partial charge in [0, 0.05) is 10.1 Å². The zero-order chi connectivity index (χ0) is 19.7. The van der Waals surface area contributed by atoms with Gasteiger partial charge in [-0.25, -0.2) is 0 Å². The summed E-state index contributed by atoms with van der Waals surface area (Å²) >= 11 is 1.71. The minimum atomic E-state index is 0.266. The quantitative estimate of drug-likeness (QED) is 0.377. The summed E-state index contributed by atoms with van der Waals surface area (Å²) in [5.74, 6) is 3.10. The first-order valence-corrected chi connectivity index (χ1v) is 10.4. The van der Waals surface area contributed by atoms with E-state index in [-0.39, 0.29) is 5.75 Å². The Morgan fingerprint density at radius 3 is 2.18 bits per heavy atom. The van der Waals surface area contributed by atoms with Crippen molar-refractivity contribution < 1.29 is 9.84 Å². The lowest BCUT2D eigenvalue weighted by atomic mass is 9.90. The predicted octanol–water partition coefficient (Wildman–Crippen LogP) is 7.83. The highest BCUT2D eigenvalue weighted by Gasteiger charge is 2.16. The molecule has 4 aromatic rings. The van der Waals surface area contributed by atoms with Crippen LogP contribution in [0, 0.1) is 5.92 Å². The number of benzene rings is 3. The molecule has 0 saturated heterocycles. The van der Waals surface area contributed by atoms with E-state index in [0.717, 1.165) is 27.3 Å². The van der Waals surface area contributed by atoms with E-state index in [9.17, 15) is 5.11 Å². The van der Waals surface area contributed by atoms with Gasteiger partial charge in [0.15, 0.2) is 5.75 Å². The van der Waals surface area contributed by atoms with E-state index in [2.05, 4.69) is 57.2 Å². The molecule has 3 aromatic carbocycles. The van der Waals surface area contributed by atoms with Crippen LogP contribution in [-0.4, -0.2) is 5.11 Å². The number of hydrogen-bond donors (Lipinski definition) is 1. The number of rotatable bonds is 5. The van der Waals surface area contributed by atoms with E-state index >= 15 is 0 Å². The highest BCUT2D eigenvalue weighted by molar-refractivity contribution is 7.22. The molecule has 1 aromatic heterocycles. The molecule has 1 heterocycles. The Morgan fingerprint density at radius 2 is 1.50 bits per heavy atom. The van der Waals surface area contributed by atoms with Gasteiger partial charge in [0.1, 0.15) is 11.5 Å². The first-order valence-electron chi connectivity index (χ1n) is 9.61. The number of aromatic hydroxyl groups is 1. The Balaban J connectivity index is 1.73. The maximum atomic E-state index is 9.63. The summed E-state index contributed by atoms with van der Waals surface area (Å²) in [6, 6.07) is 24.0. The van der Waals surface area contributed by atoms with Crippen molar-refractivity contribution >= 4 is 21.4 Å². The van der Waals surface area contributed by atoms with Gasteiger partial charge in [-0.1, -0.05) is 45.0 Å². The monoisotopic (exact) mass is 388 g/mol. The third-order valence-corrected chi connectivity index (χ3v) is 6.51. The molecular weight excluding hydrogens is 364 g/mol. The number of thiophene rings is 1. The van der Waals surface area contributed by atoms with E-state index in [1.165, 1.54) is 10.3 Å². The third-order valence-electron chi connectivity index (χ3n) is 5.31. The summed E-state index contributed by atoms with van der Waals surface area (Å²) in [6.07, 6.45) is 0. The van der Waals surface area contributed by atoms with Crippen LogP contribution in [-0.2, 0) is 0 Å². The molecule has 0 aliphatic heterocycles. The van der Waals surface area contributed by atoms with Crippen LogP contribution in [0.2, 0.25) is 0 Å². The minimum Gasteiger partial charge on any atom is -0.508 e. The molecule has 0 saturated carbocycles. The van der Waals surface area contributed by atoms with Crippen molar-refractivity contribution in [2.75, 3.05) is 0 Å². The molecule has 142 valence electrons. The van der Waals surface area contributed by atoms with Gasteiger partial charge < -0.3 is 9.84 Å². The Labute approximate surface area is 170 Å². The molecule has 3 heteroatoms. The molecule has 1 N–H and O–H groups in total. The molecule has 1 atom stereocenters. The zero-order valence-electron chi connectivity index (χ0n) is 16.3. The fourth-order valence-electron chi connectivity index (χ4n) is 3.27. The SMILES string of the molecule is CC(C)C(C)c1ccc(Oc2c(-c3ccc(O)cc3)sc3ccccc23)cc1. The molecule has 0 aliphatic carbocycles. The summed E-state index contributed by atoms with van der Waals surface area (Å²) in [6.45, 7) is 6.75. The average Bonchev–Trinajstić information content (AvgIpc) is 3.07. The minimum absolute atomic E-state index is 0.266. The van der Waals surface area contributed by atoms with Gasteiger partial charge in [-0.15, -0.1) is 11.3 Å². The Kier molecular flexibility index (Phi) is 5.10. The second-order valence-corrected chi connectivity index (χ2v) is 8.56. The Hall–Kier alpha value is -2.78. The van der Waals surface area contributed by atoms with Crippen LogP contribution < -0.4 is 4.74 Å². The lowest BCUT2D eigenvalue weighted by Crippen LogP contribution is -2.01. The maximum Gasteiger partial charge on any atom is 0.153 e. The molecule has 0 amide bonds. The molecule has 2 nitrogen and oxygen atoms in total. The van der Waals surface area contributed by atoms with Crippen molar-refractivity contribution in [1.29, 1.82) is 0 Å². The van der Waals surface area contributed by atoms with Crippen LogP contribution in [0.15, 0.2) is 72.8 Å². The van der Waals surface area contributed by atoms with Gasteiger partial charge in [0.25, 0.3) is 0 Å². The van der Waals surface area contributed by atoms with Gasteiger partial charge in [0.2, 0.25) is 0 Å². The summed E-state index contributed by atoms with van der Waals surface area (Å²) in [5.41, 5.74) is 2.37. The number of fused-ring (bicyclic) bond motifs is 1. The molecule has 0 spiro atoms. The maximum absolute atomic E-state index is 9.63. The first-order chi connectivity index (χ1) is 13.5. The first kappa shape index (κ1) is 18.6. The second-order valence-electron chi connectivity index (χ2n) is 7.51. The molecule has 0 bridgehead atoms. The van der Waals surface area contributed by atoms with E-state index < -0.39 is 0 Å². The number of ether oxygens (including phenoxy) is 1. The highest BCUT2D eigenvalue weighted by Crippen LogP contribution is 2.46. The molecule has 28 heavy (non-hydrogen) atoms. The topological polar surface area (TPSA) is 29.5 Å². The van der Waals surface area contributed by atoms with Gasteiger partial charge >= 0.3 is 0 Å². The Morgan fingerprint density at radius 1 is 0.821 bits per heavy atom. The van der Waals surface area contributed by atoms with Crippen LogP contribution in [0.1, 0.15) is 32.3 Å². The van der Waals surface area contributed by atoms with Gasteiger partial charge in [-0.3, -0.25) is 0 Å².